The third kappa shape index (κ3) is 2.71. The molecule has 1 amide bonds. The number of hydrogen-bond acceptors (Lipinski definition) is 2. The number of halogens is 1. The van der Waals surface area contributed by atoms with Crippen molar-refractivity contribution in [3.05, 3.63) is 35.9 Å². The predicted molar refractivity (Wildman–Crippen MR) is 97.1 cm³/mol. The van der Waals surface area contributed by atoms with Gasteiger partial charge in [0.05, 0.1) is 11.6 Å². The van der Waals surface area contributed by atoms with Crippen LogP contribution in [0.25, 0.3) is 0 Å². The summed E-state index contributed by atoms with van der Waals surface area (Å²) in [6.45, 7) is 0. The number of nitrogens with one attached hydrogen (secondary N) is 1. The molecule has 4 heteroatoms. The fourth-order valence-electron chi connectivity index (χ4n) is 6.29. The van der Waals surface area contributed by atoms with E-state index in [0.717, 1.165) is 44.1 Å². The van der Waals surface area contributed by atoms with Gasteiger partial charge < -0.3 is 10.4 Å². The summed E-state index contributed by atoms with van der Waals surface area (Å²) in [5, 5.41) is 14.9. The van der Waals surface area contributed by atoms with E-state index >= 15 is 0 Å². The lowest BCUT2D eigenvalue weighted by Crippen LogP contribution is -2.64. The van der Waals surface area contributed by atoms with E-state index < -0.39 is 5.60 Å². The normalized spacial score (nSPS) is 43.0. The van der Waals surface area contributed by atoms with Gasteiger partial charge in [0.15, 0.2) is 0 Å². The second-order valence-corrected chi connectivity index (χ2v) is 9.90. The maximum absolute atomic E-state index is 12.6. The number of benzene rings is 1. The standard InChI is InChI=1S/C21H26ClNO2/c22-20-9-13-8-16(11-20)17(21(25,10-13)12-20)18(14-4-2-1-3-5-14)23-19(24)15-6-7-15/h1-5,13,15-18,25H,6-12H2,(H,23,24)/t13-,16?,17+,18-,20-,21-/m0/s1. The highest BCUT2D eigenvalue weighted by molar-refractivity contribution is 6.24. The van der Waals surface area contributed by atoms with Crippen LogP contribution >= 0.6 is 11.6 Å². The SMILES string of the molecule is O=C(N[C@@H](c1ccccc1)[C@H]1C2C[C@H]3C[C@](Cl)(C2)C[C@@]1(O)C3)C1CC1. The lowest BCUT2D eigenvalue weighted by Gasteiger charge is -2.63. The van der Waals surface area contributed by atoms with E-state index in [9.17, 15) is 9.90 Å². The Morgan fingerprint density at radius 3 is 2.60 bits per heavy atom. The van der Waals surface area contributed by atoms with Gasteiger partial charge in [-0.25, -0.2) is 0 Å². The Morgan fingerprint density at radius 1 is 1.20 bits per heavy atom. The smallest absolute Gasteiger partial charge is 0.223 e. The van der Waals surface area contributed by atoms with Crippen molar-refractivity contribution in [2.24, 2.45) is 23.7 Å². The summed E-state index contributed by atoms with van der Waals surface area (Å²) in [5.74, 6) is 1.35. The second kappa shape index (κ2) is 5.47. The van der Waals surface area contributed by atoms with E-state index in [2.05, 4.69) is 17.4 Å². The van der Waals surface area contributed by atoms with Crippen molar-refractivity contribution in [3.63, 3.8) is 0 Å². The van der Waals surface area contributed by atoms with Crippen LogP contribution in [-0.2, 0) is 4.79 Å². The summed E-state index contributed by atoms with van der Waals surface area (Å²) in [5.41, 5.74) is 0.370. The Bertz CT molecular complexity index is 690. The third-order valence-electron chi connectivity index (χ3n) is 7.08. The van der Waals surface area contributed by atoms with Gasteiger partial charge in [-0.1, -0.05) is 30.3 Å². The van der Waals surface area contributed by atoms with Crippen LogP contribution in [0, 0.1) is 23.7 Å². The third-order valence-corrected chi connectivity index (χ3v) is 7.52. The first-order valence-corrected chi connectivity index (χ1v) is 10.1. The Labute approximate surface area is 154 Å². The number of amides is 1. The van der Waals surface area contributed by atoms with Gasteiger partial charge in [0, 0.05) is 16.7 Å². The Morgan fingerprint density at radius 2 is 1.96 bits per heavy atom. The number of aliphatic hydroxyl groups is 1. The van der Waals surface area contributed by atoms with Crippen LogP contribution in [0.2, 0.25) is 0 Å². The highest BCUT2D eigenvalue weighted by atomic mass is 35.5. The summed E-state index contributed by atoms with van der Waals surface area (Å²) < 4.78 is 0. The molecule has 0 radical (unpaired) electrons. The summed E-state index contributed by atoms with van der Waals surface area (Å²) in [6.07, 6.45) is 6.67. The molecule has 3 nitrogen and oxygen atoms in total. The summed E-state index contributed by atoms with van der Waals surface area (Å²) in [4.78, 5) is 12.3. The lowest BCUT2D eigenvalue weighted by atomic mass is 9.47. The van der Waals surface area contributed by atoms with E-state index in [1.54, 1.807) is 0 Å². The van der Waals surface area contributed by atoms with Gasteiger partial charge in [0.25, 0.3) is 0 Å². The maximum Gasteiger partial charge on any atom is 0.223 e. The van der Waals surface area contributed by atoms with E-state index in [-0.39, 0.29) is 28.7 Å². The Kier molecular flexibility index (Phi) is 3.53. The molecule has 1 aromatic carbocycles. The minimum atomic E-state index is -0.747. The van der Waals surface area contributed by atoms with Crippen LogP contribution in [0.1, 0.15) is 56.6 Å². The second-order valence-electron chi connectivity index (χ2n) is 9.10. The fraction of sp³-hybridized carbons (Fsp3) is 0.667. The Hall–Kier alpha value is -1.06. The molecule has 0 aromatic heterocycles. The average Bonchev–Trinajstić information content (AvgIpc) is 3.36. The molecule has 5 aliphatic rings. The van der Waals surface area contributed by atoms with Crippen LogP contribution in [0.4, 0.5) is 0 Å². The van der Waals surface area contributed by atoms with Gasteiger partial charge in [-0.15, -0.1) is 11.6 Å². The van der Waals surface area contributed by atoms with E-state index in [4.69, 9.17) is 11.6 Å². The van der Waals surface area contributed by atoms with Crippen LogP contribution in [0.3, 0.4) is 0 Å². The topological polar surface area (TPSA) is 49.3 Å². The molecule has 4 bridgehead atoms. The van der Waals surface area contributed by atoms with Crippen molar-refractivity contribution in [2.75, 3.05) is 0 Å². The molecule has 134 valence electrons. The number of hydrogen-bond donors (Lipinski definition) is 2. The van der Waals surface area contributed by atoms with Gasteiger partial charge in [-0.3, -0.25) is 4.79 Å². The summed E-state index contributed by atoms with van der Waals surface area (Å²) in [6, 6.07) is 10.1. The molecule has 5 fully saturated rings. The van der Waals surface area contributed by atoms with Crippen LogP contribution < -0.4 is 5.32 Å². The molecule has 6 rings (SSSR count). The molecule has 0 heterocycles. The highest BCUT2D eigenvalue weighted by Gasteiger charge is 2.63. The molecule has 5 saturated carbocycles. The van der Waals surface area contributed by atoms with Gasteiger partial charge in [0.2, 0.25) is 5.91 Å². The molecule has 5 aliphatic carbocycles. The van der Waals surface area contributed by atoms with Crippen molar-refractivity contribution in [1.29, 1.82) is 0 Å². The first-order valence-electron chi connectivity index (χ1n) is 9.72. The van der Waals surface area contributed by atoms with Crippen molar-refractivity contribution < 1.29 is 9.90 Å². The molecule has 2 N–H and O–H groups in total. The van der Waals surface area contributed by atoms with Crippen LogP contribution in [-0.4, -0.2) is 21.5 Å². The first-order chi connectivity index (χ1) is 12.0. The van der Waals surface area contributed by atoms with Crippen molar-refractivity contribution in [1.82, 2.24) is 5.32 Å². The number of alkyl halides is 1. The largest absolute Gasteiger partial charge is 0.389 e. The van der Waals surface area contributed by atoms with E-state index in [1.165, 1.54) is 0 Å². The zero-order chi connectivity index (χ0) is 17.2. The van der Waals surface area contributed by atoms with Crippen molar-refractivity contribution in [2.45, 2.75) is 61.5 Å². The predicted octanol–water partition coefficient (Wildman–Crippen LogP) is 3.80. The number of rotatable bonds is 4. The molecule has 0 spiro atoms. The number of carbonyl (C=O) groups is 1. The first kappa shape index (κ1) is 16.1. The molecule has 1 unspecified atom stereocenters. The van der Waals surface area contributed by atoms with Gasteiger partial charge >= 0.3 is 0 Å². The van der Waals surface area contributed by atoms with Crippen LogP contribution in [0.15, 0.2) is 30.3 Å². The lowest BCUT2D eigenvalue weighted by molar-refractivity contribution is -0.175. The summed E-state index contributed by atoms with van der Waals surface area (Å²) >= 11 is 6.86. The van der Waals surface area contributed by atoms with Gasteiger partial charge in [-0.2, -0.15) is 0 Å². The molecular weight excluding hydrogens is 334 g/mol. The van der Waals surface area contributed by atoms with Gasteiger partial charge in [0.1, 0.15) is 0 Å². The minimum Gasteiger partial charge on any atom is -0.389 e. The van der Waals surface area contributed by atoms with Crippen molar-refractivity contribution in [3.8, 4) is 0 Å². The zero-order valence-electron chi connectivity index (χ0n) is 14.5. The number of carbonyl (C=O) groups excluding carboxylic acids is 1. The van der Waals surface area contributed by atoms with Crippen molar-refractivity contribution >= 4 is 17.5 Å². The zero-order valence-corrected chi connectivity index (χ0v) is 15.2. The summed E-state index contributed by atoms with van der Waals surface area (Å²) in [7, 11) is 0. The quantitative estimate of drug-likeness (QED) is 0.803. The molecule has 25 heavy (non-hydrogen) atoms. The maximum atomic E-state index is 12.6. The van der Waals surface area contributed by atoms with Gasteiger partial charge in [-0.05, 0) is 62.3 Å². The highest BCUT2D eigenvalue weighted by Crippen LogP contribution is 2.64. The van der Waals surface area contributed by atoms with Crippen LogP contribution in [0.5, 0.6) is 0 Å². The minimum absolute atomic E-state index is 0.0704. The Balaban J connectivity index is 1.51. The van der Waals surface area contributed by atoms with E-state index in [0.29, 0.717) is 18.3 Å². The molecule has 1 aromatic rings. The molecule has 0 aliphatic heterocycles. The average molecular weight is 360 g/mol. The molecule has 0 saturated heterocycles. The monoisotopic (exact) mass is 359 g/mol. The van der Waals surface area contributed by atoms with E-state index in [1.807, 2.05) is 18.2 Å². The molecule has 6 atom stereocenters. The fourth-order valence-corrected chi connectivity index (χ4v) is 6.94. The molecular formula is C21H26ClNO2.